The zero-order valence-electron chi connectivity index (χ0n) is 9.91. The monoisotopic (exact) mass is 354 g/mol. The van der Waals surface area contributed by atoms with Crippen molar-refractivity contribution in [3.05, 3.63) is 58.6 Å². The van der Waals surface area contributed by atoms with Crippen molar-refractivity contribution in [2.45, 2.75) is 15.0 Å². The first-order chi connectivity index (χ1) is 9.06. The SMILES string of the molecule is O=S1(=O)CC(Sc2ccccc2)c2ccc(Br)cc21. The molecule has 2 aromatic rings. The van der Waals surface area contributed by atoms with Crippen LogP contribution in [0, 0.1) is 0 Å². The van der Waals surface area contributed by atoms with Gasteiger partial charge in [-0.15, -0.1) is 11.8 Å². The Balaban J connectivity index is 1.99. The first-order valence-corrected chi connectivity index (χ1v) is 9.13. The minimum Gasteiger partial charge on any atom is -0.224 e. The van der Waals surface area contributed by atoms with Crippen LogP contribution in [0.15, 0.2) is 62.8 Å². The van der Waals surface area contributed by atoms with Gasteiger partial charge in [0.05, 0.1) is 15.9 Å². The molecule has 1 aliphatic heterocycles. The van der Waals surface area contributed by atoms with Crippen molar-refractivity contribution in [3.8, 4) is 0 Å². The molecule has 1 atom stereocenters. The van der Waals surface area contributed by atoms with Gasteiger partial charge in [-0.2, -0.15) is 0 Å². The normalized spacial score (nSPS) is 20.2. The quantitative estimate of drug-likeness (QED) is 0.814. The van der Waals surface area contributed by atoms with Crippen molar-refractivity contribution in [2.24, 2.45) is 0 Å². The van der Waals surface area contributed by atoms with Gasteiger partial charge in [0.15, 0.2) is 9.84 Å². The molecule has 1 unspecified atom stereocenters. The second-order valence-corrected chi connectivity index (χ2v) is 8.58. The van der Waals surface area contributed by atoms with Crippen molar-refractivity contribution in [2.75, 3.05) is 5.75 Å². The van der Waals surface area contributed by atoms with Crippen molar-refractivity contribution < 1.29 is 8.42 Å². The Kier molecular flexibility index (Phi) is 3.45. The molecule has 98 valence electrons. The third-order valence-electron chi connectivity index (χ3n) is 3.05. The fraction of sp³-hybridized carbons (Fsp3) is 0.143. The number of benzene rings is 2. The molecule has 1 aliphatic rings. The van der Waals surface area contributed by atoms with Gasteiger partial charge in [0.2, 0.25) is 0 Å². The summed E-state index contributed by atoms with van der Waals surface area (Å²) in [5, 5.41) is -0.0181. The van der Waals surface area contributed by atoms with Crippen molar-refractivity contribution in [1.29, 1.82) is 0 Å². The number of sulfone groups is 1. The summed E-state index contributed by atoms with van der Waals surface area (Å²) in [5.41, 5.74) is 0.914. The van der Waals surface area contributed by atoms with Crippen LogP contribution in [0.25, 0.3) is 0 Å². The third-order valence-corrected chi connectivity index (χ3v) is 6.80. The molecule has 0 fully saturated rings. The van der Waals surface area contributed by atoms with Crippen LogP contribution in [-0.2, 0) is 9.84 Å². The second kappa shape index (κ2) is 4.96. The number of hydrogen-bond donors (Lipinski definition) is 0. The summed E-state index contributed by atoms with van der Waals surface area (Å²) in [6, 6.07) is 15.4. The average molecular weight is 355 g/mol. The van der Waals surface area contributed by atoms with Gasteiger partial charge in [0.25, 0.3) is 0 Å². The highest BCUT2D eigenvalue weighted by Crippen LogP contribution is 2.45. The smallest absolute Gasteiger partial charge is 0.180 e. The number of fused-ring (bicyclic) bond motifs is 1. The summed E-state index contributed by atoms with van der Waals surface area (Å²) in [5.74, 6) is 0.179. The highest BCUT2D eigenvalue weighted by molar-refractivity contribution is 9.10. The molecule has 19 heavy (non-hydrogen) atoms. The lowest BCUT2D eigenvalue weighted by Gasteiger charge is -2.09. The molecule has 2 aromatic carbocycles. The minimum absolute atomic E-state index is 0.0181. The molecule has 0 spiro atoms. The van der Waals surface area contributed by atoms with Gasteiger partial charge >= 0.3 is 0 Å². The van der Waals surface area contributed by atoms with Crippen LogP contribution in [0.3, 0.4) is 0 Å². The maximum absolute atomic E-state index is 12.2. The van der Waals surface area contributed by atoms with Crippen LogP contribution in [-0.4, -0.2) is 14.2 Å². The van der Waals surface area contributed by atoms with Gasteiger partial charge in [0, 0.05) is 9.37 Å². The molecule has 0 aliphatic carbocycles. The van der Waals surface area contributed by atoms with Crippen LogP contribution in [0.5, 0.6) is 0 Å². The molecular weight excluding hydrogens is 344 g/mol. The summed E-state index contributed by atoms with van der Waals surface area (Å²) < 4.78 is 25.1. The van der Waals surface area contributed by atoms with Crippen molar-refractivity contribution in [3.63, 3.8) is 0 Å². The lowest BCUT2D eigenvalue weighted by Crippen LogP contribution is -2.00. The van der Waals surface area contributed by atoms with E-state index in [1.54, 1.807) is 17.8 Å². The van der Waals surface area contributed by atoms with E-state index in [-0.39, 0.29) is 11.0 Å². The van der Waals surface area contributed by atoms with E-state index in [2.05, 4.69) is 15.9 Å². The van der Waals surface area contributed by atoms with E-state index in [4.69, 9.17) is 0 Å². The van der Waals surface area contributed by atoms with Crippen LogP contribution in [0.1, 0.15) is 10.8 Å². The van der Waals surface area contributed by atoms with E-state index >= 15 is 0 Å². The molecule has 0 saturated heterocycles. The maximum Gasteiger partial charge on any atom is 0.180 e. The lowest BCUT2D eigenvalue weighted by atomic mass is 10.2. The number of rotatable bonds is 2. The fourth-order valence-electron chi connectivity index (χ4n) is 2.18. The maximum atomic E-state index is 12.2. The highest BCUT2D eigenvalue weighted by Gasteiger charge is 2.35. The Morgan fingerprint density at radius 2 is 1.84 bits per heavy atom. The van der Waals surface area contributed by atoms with E-state index in [1.807, 2.05) is 42.5 Å². The molecule has 2 nitrogen and oxygen atoms in total. The predicted molar refractivity (Wildman–Crippen MR) is 81.2 cm³/mol. The molecule has 0 saturated carbocycles. The Bertz CT molecular complexity index is 711. The molecule has 3 rings (SSSR count). The van der Waals surface area contributed by atoms with Gasteiger partial charge in [-0.25, -0.2) is 8.42 Å². The Morgan fingerprint density at radius 1 is 1.11 bits per heavy atom. The Labute approximate surface area is 125 Å². The molecule has 0 bridgehead atoms. The van der Waals surface area contributed by atoms with Crippen molar-refractivity contribution >= 4 is 37.5 Å². The Hall–Kier alpha value is -0.780. The van der Waals surface area contributed by atoms with Gasteiger partial charge in [-0.3, -0.25) is 0 Å². The largest absolute Gasteiger partial charge is 0.224 e. The number of halogens is 1. The summed E-state index contributed by atoms with van der Waals surface area (Å²) in [6.45, 7) is 0. The molecular formula is C14H11BrO2S2. The average Bonchev–Trinajstić information content (AvgIpc) is 2.62. The van der Waals surface area contributed by atoms with Gasteiger partial charge in [0.1, 0.15) is 0 Å². The zero-order chi connectivity index (χ0) is 13.5. The van der Waals surface area contributed by atoms with Crippen LogP contribution >= 0.6 is 27.7 Å². The predicted octanol–water partition coefficient (Wildman–Crippen LogP) is 4.07. The van der Waals surface area contributed by atoms with E-state index in [9.17, 15) is 8.42 Å². The van der Waals surface area contributed by atoms with E-state index in [0.29, 0.717) is 4.90 Å². The molecule has 5 heteroatoms. The van der Waals surface area contributed by atoms with Gasteiger partial charge in [-0.1, -0.05) is 40.2 Å². The molecule has 1 heterocycles. The van der Waals surface area contributed by atoms with Gasteiger partial charge in [-0.05, 0) is 29.8 Å². The number of hydrogen-bond acceptors (Lipinski definition) is 3. The van der Waals surface area contributed by atoms with E-state index < -0.39 is 9.84 Å². The lowest BCUT2D eigenvalue weighted by molar-refractivity contribution is 0.600. The third kappa shape index (κ3) is 2.59. The molecule has 0 radical (unpaired) electrons. The first-order valence-electron chi connectivity index (χ1n) is 5.80. The molecule has 0 aromatic heterocycles. The number of thioether (sulfide) groups is 1. The summed E-state index contributed by atoms with van der Waals surface area (Å²) in [7, 11) is -3.15. The standard InChI is InChI=1S/C14H11BrO2S2/c15-10-6-7-12-13(9-19(16,17)14(12)8-10)18-11-4-2-1-3-5-11/h1-8,13H,9H2. The van der Waals surface area contributed by atoms with Gasteiger partial charge < -0.3 is 0 Å². The van der Waals surface area contributed by atoms with Crippen LogP contribution in [0.2, 0.25) is 0 Å². The summed E-state index contributed by atoms with van der Waals surface area (Å²) in [4.78, 5) is 1.56. The first kappa shape index (κ1) is 13.2. The zero-order valence-corrected chi connectivity index (χ0v) is 13.1. The fourth-order valence-corrected chi connectivity index (χ4v) is 6.19. The second-order valence-electron chi connectivity index (χ2n) is 4.38. The highest BCUT2D eigenvalue weighted by atomic mass is 79.9. The van der Waals surface area contributed by atoms with Crippen LogP contribution < -0.4 is 0 Å². The van der Waals surface area contributed by atoms with E-state index in [0.717, 1.165) is 14.9 Å². The summed E-state index contributed by atoms with van der Waals surface area (Å²) in [6.07, 6.45) is 0. The molecule has 0 amide bonds. The topological polar surface area (TPSA) is 34.1 Å². The van der Waals surface area contributed by atoms with E-state index in [1.165, 1.54) is 0 Å². The minimum atomic E-state index is -3.15. The Morgan fingerprint density at radius 3 is 2.58 bits per heavy atom. The summed E-state index contributed by atoms with van der Waals surface area (Å²) >= 11 is 4.94. The van der Waals surface area contributed by atoms with Crippen LogP contribution in [0.4, 0.5) is 0 Å². The van der Waals surface area contributed by atoms with Crippen molar-refractivity contribution in [1.82, 2.24) is 0 Å². The molecule has 0 N–H and O–H groups in total.